The third-order valence-electron chi connectivity index (χ3n) is 6.84. The average molecular weight is 504 g/mol. The van der Waals surface area contributed by atoms with E-state index in [1.165, 1.54) is 19.2 Å². The van der Waals surface area contributed by atoms with E-state index in [1.54, 1.807) is 0 Å². The quantitative estimate of drug-likeness (QED) is 0.451. The van der Waals surface area contributed by atoms with Gasteiger partial charge in [0.1, 0.15) is 5.75 Å². The lowest BCUT2D eigenvalue weighted by atomic mass is 9.93. The summed E-state index contributed by atoms with van der Waals surface area (Å²) >= 11 is 6.08. The third-order valence-corrected chi connectivity index (χ3v) is 7.17. The fourth-order valence-corrected chi connectivity index (χ4v) is 5.02. The number of benzene rings is 2. The van der Waals surface area contributed by atoms with Crippen LogP contribution < -0.4 is 15.8 Å². The number of amides is 1. The SMILES string of the molecule is COc1cc(N)c(Cl)cc1C(=O)NC[C@@H]1CCN(CCCC2(c3ccccc3)OCCO2)C[C@@H]1O. The van der Waals surface area contributed by atoms with Crippen LogP contribution in [-0.2, 0) is 15.3 Å². The Hall–Kier alpha value is -2.36. The molecule has 2 atom stereocenters. The van der Waals surface area contributed by atoms with Crippen molar-refractivity contribution in [3.63, 3.8) is 0 Å². The number of nitrogens with one attached hydrogen (secondary N) is 1. The van der Waals surface area contributed by atoms with Crippen molar-refractivity contribution in [2.75, 3.05) is 52.2 Å². The third kappa shape index (κ3) is 6.08. The largest absolute Gasteiger partial charge is 0.496 e. The van der Waals surface area contributed by atoms with Crippen LogP contribution in [0.25, 0.3) is 0 Å². The summed E-state index contributed by atoms with van der Waals surface area (Å²) < 4.78 is 17.3. The molecule has 2 fully saturated rings. The smallest absolute Gasteiger partial charge is 0.255 e. The Morgan fingerprint density at radius 2 is 2.03 bits per heavy atom. The van der Waals surface area contributed by atoms with Crippen LogP contribution in [0, 0.1) is 5.92 Å². The molecule has 2 aromatic rings. The summed E-state index contributed by atoms with van der Waals surface area (Å²) in [4.78, 5) is 15.0. The maximum absolute atomic E-state index is 12.7. The van der Waals surface area contributed by atoms with E-state index >= 15 is 0 Å². The summed E-state index contributed by atoms with van der Waals surface area (Å²) in [5.41, 5.74) is 7.52. The number of halogens is 1. The molecule has 2 aliphatic heterocycles. The van der Waals surface area contributed by atoms with Gasteiger partial charge in [0.2, 0.25) is 0 Å². The zero-order chi connectivity index (χ0) is 24.8. The van der Waals surface area contributed by atoms with Gasteiger partial charge in [0.15, 0.2) is 5.79 Å². The van der Waals surface area contributed by atoms with Gasteiger partial charge in [-0.3, -0.25) is 4.79 Å². The monoisotopic (exact) mass is 503 g/mol. The van der Waals surface area contributed by atoms with Crippen molar-refractivity contribution in [1.29, 1.82) is 0 Å². The average Bonchev–Trinajstić information content (AvgIpc) is 3.35. The molecule has 8 nitrogen and oxygen atoms in total. The van der Waals surface area contributed by atoms with E-state index in [0.29, 0.717) is 48.3 Å². The van der Waals surface area contributed by atoms with Gasteiger partial charge < -0.3 is 35.3 Å². The maximum atomic E-state index is 12.7. The summed E-state index contributed by atoms with van der Waals surface area (Å²) in [6.45, 7) is 3.83. The maximum Gasteiger partial charge on any atom is 0.255 e. The zero-order valence-electron chi connectivity index (χ0n) is 20.0. The van der Waals surface area contributed by atoms with E-state index < -0.39 is 11.9 Å². The van der Waals surface area contributed by atoms with Crippen molar-refractivity contribution in [3.8, 4) is 5.75 Å². The highest BCUT2D eigenvalue weighted by atomic mass is 35.5. The molecule has 4 rings (SSSR count). The predicted molar refractivity (Wildman–Crippen MR) is 135 cm³/mol. The number of carbonyl (C=O) groups excluding carboxylic acids is 1. The van der Waals surface area contributed by atoms with E-state index in [9.17, 15) is 9.90 Å². The van der Waals surface area contributed by atoms with E-state index in [0.717, 1.165) is 37.9 Å². The van der Waals surface area contributed by atoms with E-state index in [1.807, 2.05) is 30.3 Å². The number of nitrogens with two attached hydrogens (primary N) is 1. The van der Waals surface area contributed by atoms with E-state index in [-0.39, 0.29) is 11.8 Å². The number of ether oxygens (including phenoxy) is 3. The number of anilines is 1. The zero-order valence-corrected chi connectivity index (χ0v) is 20.8. The van der Waals surface area contributed by atoms with Crippen molar-refractivity contribution in [2.45, 2.75) is 31.2 Å². The minimum absolute atomic E-state index is 0.0254. The second-order valence-corrected chi connectivity index (χ2v) is 9.53. The fraction of sp³-hybridized carbons (Fsp3) is 0.500. The van der Waals surface area contributed by atoms with Crippen LogP contribution in [-0.4, -0.2) is 68.5 Å². The van der Waals surface area contributed by atoms with Crippen LogP contribution >= 0.6 is 11.6 Å². The van der Waals surface area contributed by atoms with E-state index in [4.69, 9.17) is 31.5 Å². The molecule has 2 heterocycles. The van der Waals surface area contributed by atoms with Crippen LogP contribution in [0.3, 0.4) is 0 Å². The first-order chi connectivity index (χ1) is 16.9. The lowest BCUT2D eigenvalue weighted by molar-refractivity contribution is -0.172. The van der Waals surface area contributed by atoms with Crippen molar-refractivity contribution in [2.24, 2.45) is 5.92 Å². The Kier molecular flexibility index (Phi) is 8.51. The highest BCUT2D eigenvalue weighted by Crippen LogP contribution is 2.36. The predicted octanol–water partition coefficient (Wildman–Crippen LogP) is 3.02. The summed E-state index contributed by atoms with van der Waals surface area (Å²) in [7, 11) is 1.48. The number of aliphatic hydroxyl groups is 1. The van der Waals surface area contributed by atoms with Crippen molar-refractivity contribution < 1.29 is 24.1 Å². The summed E-state index contributed by atoms with van der Waals surface area (Å²) in [6, 6.07) is 13.1. The normalized spacial score (nSPS) is 22.1. The van der Waals surface area contributed by atoms with Crippen LogP contribution in [0.4, 0.5) is 5.69 Å². The van der Waals surface area contributed by atoms with Crippen molar-refractivity contribution in [3.05, 3.63) is 58.6 Å². The van der Waals surface area contributed by atoms with Crippen LogP contribution in [0.2, 0.25) is 5.02 Å². The number of nitrogen functional groups attached to an aromatic ring is 1. The Balaban J connectivity index is 1.25. The van der Waals surface area contributed by atoms with Crippen LogP contribution in [0.5, 0.6) is 5.75 Å². The number of hydrogen-bond acceptors (Lipinski definition) is 7. The number of nitrogens with zero attached hydrogens (tertiary/aromatic N) is 1. The molecule has 2 saturated heterocycles. The standard InChI is InChI=1S/C26H34ClN3O5/c1-33-24-15-22(28)21(27)14-20(24)25(32)29-16-18-8-11-30(17-23(18)31)10-5-9-26(34-12-13-35-26)19-6-3-2-4-7-19/h2-4,6-7,14-15,18,23,31H,5,8-13,16-17,28H2,1H3,(H,29,32)/t18-,23-/m0/s1. The second kappa shape index (κ2) is 11.6. The number of rotatable bonds is 9. The number of β-amino-alcohol motifs (C(OH)–C–C–N with tert-alkyl or cyclic N) is 1. The molecule has 0 aromatic heterocycles. The molecule has 0 unspecified atom stereocenters. The fourth-order valence-electron chi connectivity index (χ4n) is 4.86. The van der Waals surface area contributed by atoms with Gasteiger partial charge >= 0.3 is 0 Å². The van der Waals surface area contributed by atoms with Gasteiger partial charge in [-0.1, -0.05) is 41.9 Å². The number of methoxy groups -OCH3 is 1. The number of hydrogen-bond donors (Lipinski definition) is 3. The first-order valence-corrected chi connectivity index (χ1v) is 12.4. The molecule has 1 amide bonds. The van der Waals surface area contributed by atoms with Crippen molar-refractivity contribution in [1.82, 2.24) is 10.2 Å². The van der Waals surface area contributed by atoms with Gasteiger partial charge in [0.25, 0.3) is 5.91 Å². The molecule has 0 bridgehead atoms. The summed E-state index contributed by atoms with van der Waals surface area (Å²) in [6.07, 6.45) is 1.91. The van der Waals surface area contributed by atoms with E-state index in [2.05, 4.69) is 10.2 Å². The first-order valence-electron chi connectivity index (χ1n) is 12.1. The highest BCUT2D eigenvalue weighted by Gasteiger charge is 2.38. The minimum Gasteiger partial charge on any atom is -0.496 e. The Bertz CT molecular complexity index is 1000. The minimum atomic E-state index is -0.672. The molecule has 0 saturated carbocycles. The molecule has 0 radical (unpaired) electrons. The van der Waals surface area contributed by atoms with Gasteiger partial charge in [-0.15, -0.1) is 0 Å². The molecule has 2 aliphatic rings. The highest BCUT2D eigenvalue weighted by molar-refractivity contribution is 6.33. The molecule has 35 heavy (non-hydrogen) atoms. The number of piperidine rings is 1. The van der Waals surface area contributed by atoms with Gasteiger partial charge in [-0.25, -0.2) is 0 Å². The molecule has 4 N–H and O–H groups in total. The van der Waals surface area contributed by atoms with Gasteiger partial charge in [-0.2, -0.15) is 0 Å². The first kappa shape index (κ1) is 25.7. The number of likely N-dealkylation sites (tertiary alicyclic amines) is 1. The lowest BCUT2D eigenvalue weighted by Crippen LogP contribution is -2.48. The van der Waals surface area contributed by atoms with Crippen molar-refractivity contribution >= 4 is 23.2 Å². The Morgan fingerprint density at radius 3 is 2.71 bits per heavy atom. The molecule has 0 spiro atoms. The van der Waals surface area contributed by atoms with Crippen LogP contribution in [0.1, 0.15) is 35.2 Å². The van der Waals surface area contributed by atoms with Gasteiger partial charge in [-0.05, 0) is 32.0 Å². The molecule has 190 valence electrons. The molecular formula is C26H34ClN3O5. The lowest BCUT2D eigenvalue weighted by Gasteiger charge is -2.36. The Labute approximate surface area is 211 Å². The van der Waals surface area contributed by atoms with Gasteiger partial charge in [0, 0.05) is 37.1 Å². The summed E-state index contributed by atoms with van der Waals surface area (Å²) in [5, 5.41) is 13.9. The van der Waals surface area contributed by atoms with Crippen LogP contribution in [0.15, 0.2) is 42.5 Å². The number of carbonyl (C=O) groups is 1. The molecule has 0 aliphatic carbocycles. The Morgan fingerprint density at radius 1 is 1.29 bits per heavy atom. The topological polar surface area (TPSA) is 106 Å². The molecule has 2 aromatic carbocycles. The summed E-state index contributed by atoms with van der Waals surface area (Å²) in [5.74, 6) is -0.638. The second-order valence-electron chi connectivity index (χ2n) is 9.12. The number of aliphatic hydroxyl groups excluding tert-OH is 1. The van der Waals surface area contributed by atoms with Gasteiger partial charge in [0.05, 0.1) is 42.7 Å². The molecule has 9 heteroatoms. The molecular weight excluding hydrogens is 470 g/mol.